The Hall–Kier alpha value is -2.46. The third kappa shape index (κ3) is 3.35. The minimum Gasteiger partial charge on any atom is -0.467 e. The van der Waals surface area contributed by atoms with E-state index in [1.807, 2.05) is 0 Å². The van der Waals surface area contributed by atoms with Crippen LogP contribution in [0.5, 0.6) is 5.75 Å². The summed E-state index contributed by atoms with van der Waals surface area (Å²) in [6.07, 6.45) is -7.94. The minimum absolute atomic E-state index is 0.165. The molecule has 0 spiro atoms. The predicted molar refractivity (Wildman–Crippen MR) is 81.8 cm³/mol. The number of aliphatic hydroxyl groups excluding tert-OH is 3. The Labute approximate surface area is 141 Å². The zero-order valence-electron chi connectivity index (χ0n) is 13.1. The van der Waals surface area contributed by atoms with Crippen LogP contribution in [-0.2, 0) is 14.3 Å². The molecule has 1 saturated heterocycles. The van der Waals surface area contributed by atoms with Gasteiger partial charge in [-0.3, -0.25) is 0 Å². The fourth-order valence-corrected chi connectivity index (χ4v) is 2.50. The molecule has 0 radical (unpaired) electrons. The van der Waals surface area contributed by atoms with Crippen molar-refractivity contribution in [2.24, 2.45) is 0 Å². The number of hydrogen-bond donors (Lipinski definition) is 3. The van der Waals surface area contributed by atoms with Crippen molar-refractivity contribution in [3.63, 3.8) is 0 Å². The highest BCUT2D eigenvalue weighted by Gasteiger charge is 2.48. The first-order chi connectivity index (χ1) is 11.9. The van der Waals surface area contributed by atoms with Gasteiger partial charge in [0.1, 0.15) is 29.6 Å². The number of aliphatic hydroxyl groups is 3. The number of fused-ring (bicyclic) bond motifs is 1. The zero-order chi connectivity index (χ0) is 18.1. The number of carbonyl (C=O) groups excluding carboxylic acids is 1. The molecule has 0 saturated carbocycles. The van der Waals surface area contributed by atoms with Crippen LogP contribution < -0.4 is 10.4 Å². The van der Waals surface area contributed by atoms with Crippen molar-refractivity contribution in [2.45, 2.75) is 30.7 Å². The minimum atomic E-state index is -1.68. The average Bonchev–Trinajstić information content (AvgIpc) is 2.61. The van der Waals surface area contributed by atoms with Crippen LogP contribution in [0.3, 0.4) is 0 Å². The van der Waals surface area contributed by atoms with E-state index in [4.69, 9.17) is 13.9 Å². The lowest BCUT2D eigenvalue weighted by molar-refractivity contribution is -0.271. The number of methoxy groups -OCH3 is 1. The normalized spacial score (nSPS) is 29.4. The molecule has 0 amide bonds. The first-order valence-corrected chi connectivity index (χ1v) is 7.39. The summed E-state index contributed by atoms with van der Waals surface area (Å²) in [6.45, 7) is 0. The van der Waals surface area contributed by atoms with Gasteiger partial charge in [-0.2, -0.15) is 0 Å². The summed E-state index contributed by atoms with van der Waals surface area (Å²) in [7, 11) is 1.09. The van der Waals surface area contributed by atoms with E-state index in [1.165, 1.54) is 18.2 Å². The Morgan fingerprint density at radius 2 is 1.80 bits per heavy atom. The molecule has 3 N–H and O–H groups in total. The molecule has 0 bridgehead atoms. The van der Waals surface area contributed by atoms with Crippen molar-refractivity contribution in [3.05, 3.63) is 40.8 Å². The second-order valence-electron chi connectivity index (χ2n) is 5.49. The number of esters is 1. The van der Waals surface area contributed by atoms with Crippen molar-refractivity contribution >= 4 is 16.9 Å². The van der Waals surface area contributed by atoms with E-state index in [1.54, 1.807) is 12.1 Å². The Morgan fingerprint density at radius 1 is 1.08 bits per heavy atom. The molecule has 1 aliphatic heterocycles. The van der Waals surface area contributed by atoms with Crippen molar-refractivity contribution in [3.8, 4) is 5.75 Å². The summed E-state index contributed by atoms with van der Waals surface area (Å²) in [5.74, 6) is -0.755. The molecule has 5 unspecified atom stereocenters. The molecule has 1 aromatic heterocycles. The molecule has 5 atom stereocenters. The van der Waals surface area contributed by atoms with Crippen LogP contribution >= 0.6 is 0 Å². The summed E-state index contributed by atoms with van der Waals surface area (Å²) >= 11 is 0. The number of carbonyl (C=O) groups is 1. The molecule has 1 fully saturated rings. The maximum Gasteiger partial charge on any atom is 0.337 e. The van der Waals surface area contributed by atoms with Crippen LogP contribution in [0.2, 0.25) is 0 Å². The fourth-order valence-electron chi connectivity index (χ4n) is 2.50. The van der Waals surface area contributed by atoms with Gasteiger partial charge in [0.25, 0.3) is 0 Å². The lowest BCUT2D eigenvalue weighted by Gasteiger charge is -2.38. The second-order valence-corrected chi connectivity index (χ2v) is 5.49. The SMILES string of the molecule is COC(=O)C1OC(Oc2ccc3ccc(=O)oc3c2)C(O)C(O)C1O. The smallest absolute Gasteiger partial charge is 0.337 e. The number of rotatable bonds is 3. The Balaban J connectivity index is 1.85. The quantitative estimate of drug-likeness (QED) is 0.477. The van der Waals surface area contributed by atoms with E-state index in [9.17, 15) is 24.9 Å². The molecule has 9 heteroatoms. The van der Waals surface area contributed by atoms with Crippen molar-refractivity contribution in [1.29, 1.82) is 0 Å². The number of ether oxygens (including phenoxy) is 3. The Kier molecular flexibility index (Phi) is 4.73. The molecule has 1 aliphatic rings. The molecule has 25 heavy (non-hydrogen) atoms. The average molecular weight is 352 g/mol. The summed E-state index contributed by atoms with van der Waals surface area (Å²) in [4.78, 5) is 22.9. The molecule has 2 heterocycles. The van der Waals surface area contributed by atoms with Gasteiger partial charge < -0.3 is 33.9 Å². The third-order valence-electron chi connectivity index (χ3n) is 3.85. The van der Waals surface area contributed by atoms with Crippen LogP contribution in [0.15, 0.2) is 39.5 Å². The van der Waals surface area contributed by atoms with Gasteiger partial charge in [0.15, 0.2) is 6.10 Å². The van der Waals surface area contributed by atoms with Gasteiger partial charge in [0, 0.05) is 17.5 Å². The monoisotopic (exact) mass is 352 g/mol. The summed E-state index contributed by atoms with van der Waals surface area (Å²) in [6, 6.07) is 7.39. The second kappa shape index (κ2) is 6.81. The molecule has 2 aromatic rings. The standard InChI is InChI=1S/C16H16O9/c1-22-15(21)14-12(19)11(18)13(20)16(25-14)23-8-4-2-7-3-5-10(17)24-9(7)6-8/h2-6,11-14,16,18-20H,1H3. The molecule has 0 aliphatic carbocycles. The van der Waals surface area contributed by atoms with E-state index in [2.05, 4.69) is 4.74 Å². The van der Waals surface area contributed by atoms with Gasteiger partial charge in [0.05, 0.1) is 7.11 Å². The van der Waals surface area contributed by atoms with E-state index < -0.39 is 42.3 Å². The lowest BCUT2D eigenvalue weighted by atomic mass is 9.99. The van der Waals surface area contributed by atoms with Gasteiger partial charge in [-0.25, -0.2) is 9.59 Å². The van der Waals surface area contributed by atoms with Gasteiger partial charge in [-0.1, -0.05) is 0 Å². The van der Waals surface area contributed by atoms with Crippen LogP contribution in [-0.4, -0.2) is 59.1 Å². The lowest BCUT2D eigenvalue weighted by Crippen LogP contribution is -2.61. The van der Waals surface area contributed by atoms with Crippen LogP contribution in [0.4, 0.5) is 0 Å². The third-order valence-corrected chi connectivity index (χ3v) is 3.85. The van der Waals surface area contributed by atoms with E-state index in [-0.39, 0.29) is 11.3 Å². The van der Waals surface area contributed by atoms with Crippen LogP contribution in [0.1, 0.15) is 0 Å². The van der Waals surface area contributed by atoms with Crippen LogP contribution in [0.25, 0.3) is 11.0 Å². The Bertz CT molecular complexity index is 830. The van der Waals surface area contributed by atoms with Gasteiger partial charge in [-0.05, 0) is 18.2 Å². The highest BCUT2D eigenvalue weighted by atomic mass is 16.7. The molecule has 1 aromatic carbocycles. The first kappa shape index (κ1) is 17.4. The van der Waals surface area contributed by atoms with Gasteiger partial charge in [0.2, 0.25) is 6.29 Å². The summed E-state index contributed by atoms with van der Waals surface area (Å²) < 4.78 is 20.2. The van der Waals surface area contributed by atoms with Gasteiger partial charge >= 0.3 is 11.6 Å². The molecule has 3 rings (SSSR count). The van der Waals surface area contributed by atoms with Crippen molar-refractivity contribution in [2.75, 3.05) is 7.11 Å². The maximum atomic E-state index is 11.6. The van der Waals surface area contributed by atoms with E-state index in [0.717, 1.165) is 7.11 Å². The largest absolute Gasteiger partial charge is 0.467 e. The topological polar surface area (TPSA) is 136 Å². The predicted octanol–water partition coefficient (Wildman–Crippen LogP) is -0.848. The van der Waals surface area contributed by atoms with E-state index in [0.29, 0.717) is 5.39 Å². The molecule has 9 nitrogen and oxygen atoms in total. The molecular weight excluding hydrogens is 336 g/mol. The number of hydrogen-bond acceptors (Lipinski definition) is 9. The molecule has 134 valence electrons. The number of benzene rings is 1. The van der Waals surface area contributed by atoms with E-state index >= 15 is 0 Å². The molecular formula is C16H16O9. The fraction of sp³-hybridized carbons (Fsp3) is 0.375. The highest BCUT2D eigenvalue weighted by molar-refractivity contribution is 5.77. The highest BCUT2D eigenvalue weighted by Crippen LogP contribution is 2.26. The summed E-state index contributed by atoms with van der Waals surface area (Å²) in [5.41, 5.74) is -0.289. The van der Waals surface area contributed by atoms with Crippen molar-refractivity contribution in [1.82, 2.24) is 0 Å². The maximum absolute atomic E-state index is 11.6. The van der Waals surface area contributed by atoms with Gasteiger partial charge in [-0.15, -0.1) is 0 Å². The Morgan fingerprint density at radius 3 is 2.52 bits per heavy atom. The first-order valence-electron chi connectivity index (χ1n) is 7.39. The zero-order valence-corrected chi connectivity index (χ0v) is 13.1. The van der Waals surface area contributed by atoms with Crippen LogP contribution in [0, 0.1) is 0 Å². The summed E-state index contributed by atoms with van der Waals surface area (Å²) in [5, 5.41) is 30.4. The van der Waals surface area contributed by atoms with Crippen molar-refractivity contribution < 1.29 is 38.7 Å².